The Kier molecular flexibility index (Phi) is 6.33. The SMILES string of the molecule is CCCN1CCN(C(=O)Cn2cccc2-c2nc(-c3ccc(Cl)cc3)cs2)CC1. The van der Waals surface area contributed by atoms with Gasteiger partial charge in [0.05, 0.1) is 11.4 Å². The van der Waals surface area contributed by atoms with Crippen LogP contribution in [0.1, 0.15) is 13.3 Å². The Bertz CT molecular complexity index is 957. The third-order valence-electron chi connectivity index (χ3n) is 5.26. The molecular formula is C22H25ClN4OS. The first-order chi connectivity index (χ1) is 14.1. The van der Waals surface area contributed by atoms with Gasteiger partial charge in [-0.3, -0.25) is 9.69 Å². The molecule has 0 aliphatic carbocycles. The maximum atomic E-state index is 12.8. The van der Waals surface area contributed by atoms with Gasteiger partial charge in [-0.25, -0.2) is 4.98 Å². The maximum Gasteiger partial charge on any atom is 0.242 e. The number of halogens is 1. The van der Waals surface area contributed by atoms with Gasteiger partial charge in [0.2, 0.25) is 5.91 Å². The first-order valence-electron chi connectivity index (χ1n) is 10.0. The molecule has 0 radical (unpaired) electrons. The van der Waals surface area contributed by atoms with Gasteiger partial charge >= 0.3 is 0 Å². The lowest BCUT2D eigenvalue weighted by atomic mass is 10.2. The highest BCUT2D eigenvalue weighted by atomic mass is 35.5. The summed E-state index contributed by atoms with van der Waals surface area (Å²) < 4.78 is 2.01. The molecule has 0 saturated carbocycles. The van der Waals surface area contributed by atoms with Crippen LogP contribution in [0.3, 0.4) is 0 Å². The standard InChI is InChI=1S/C22H25ClN4OS/c1-2-9-25-11-13-26(14-12-25)21(28)15-27-10-3-4-20(27)22-24-19(16-29-22)17-5-7-18(23)8-6-17/h3-8,10,16H,2,9,11-15H2,1H3. The third-order valence-corrected chi connectivity index (χ3v) is 6.38. The number of carbonyl (C=O) groups excluding carboxylic acids is 1. The van der Waals surface area contributed by atoms with Gasteiger partial charge in [-0.2, -0.15) is 0 Å². The fraction of sp³-hybridized carbons (Fsp3) is 0.364. The van der Waals surface area contributed by atoms with Crippen molar-refractivity contribution in [3.63, 3.8) is 0 Å². The second kappa shape index (κ2) is 9.11. The number of rotatable bonds is 6. The molecule has 2 aromatic heterocycles. The molecule has 5 nitrogen and oxygen atoms in total. The number of hydrogen-bond acceptors (Lipinski definition) is 4. The van der Waals surface area contributed by atoms with Crippen LogP contribution in [0.5, 0.6) is 0 Å². The van der Waals surface area contributed by atoms with Crippen molar-refractivity contribution in [1.29, 1.82) is 0 Å². The quantitative estimate of drug-likeness (QED) is 0.581. The Labute approximate surface area is 180 Å². The summed E-state index contributed by atoms with van der Waals surface area (Å²) in [5.74, 6) is 0.174. The van der Waals surface area contributed by atoms with E-state index in [0.29, 0.717) is 11.6 Å². The summed E-state index contributed by atoms with van der Waals surface area (Å²) >= 11 is 7.58. The van der Waals surface area contributed by atoms with E-state index in [1.807, 2.05) is 57.4 Å². The van der Waals surface area contributed by atoms with Crippen LogP contribution in [0.15, 0.2) is 48.0 Å². The van der Waals surface area contributed by atoms with Gasteiger partial charge in [-0.15, -0.1) is 11.3 Å². The summed E-state index contributed by atoms with van der Waals surface area (Å²) in [6.07, 6.45) is 3.12. The van der Waals surface area contributed by atoms with Gasteiger partial charge < -0.3 is 9.47 Å². The van der Waals surface area contributed by atoms with E-state index >= 15 is 0 Å². The molecule has 0 spiro atoms. The van der Waals surface area contributed by atoms with Crippen molar-refractivity contribution in [2.24, 2.45) is 0 Å². The minimum atomic E-state index is 0.174. The van der Waals surface area contributed by atoms with Gasteiger partial charge in [0, 0.05) is 48.3 Å². The molecule has 3 heterocycles. The lowest BCUT2D eigenvalue weighted by molar-refractivity contribution is -0.133. The molecule has 29 heavy (non-hydrogen) atoms. The summed E-state index contributed by atoms with van der Waals surface area (Å²) in [6.45, 7) is 7.22. The number of nitrogens with zero attached hydrogens (tertiary/aromatic N) is 4. The van der Waals surface area contributed by atoms with Gasteiger partial charge in [0.15, 0.2) is 0 Å². The molecule has 1 aliphatic heterocycles. The van der Waals surface area contributed by atoms with Gasteiger partial charge in [-0.1, -0.05) is 30.7 Å². The number of benzene rings is 1. The molecule has 1 amide bonds. The molecular weight excluding hydrogens is 404 g/mol. The highest BCUT2D eigenvalue weighted by molar-refractivity contribution is 7.13. The Morgan fingerprint density at radius 2 is 1.90 bits per heavy atom. The van der Waals surface area contributed by atoms with Crippen molar-refractivity contribution in [3.05, 3.63) is 53.0 Å². The van der Waals surface area contributed by atoms with Crippen LogP contribution in [-0.2, 0) is 11.3 Å². The Balaban J connectivity index is 1.44. The van der Waals surface area contributed by atoms with Crippen molar-refractivity contribution >= 4 is 28.8 Å². The largest absolute Gasteiger partial charge is 0.339 e. The highest BCUT2D eigenvalue weighted by Crippen LogP contribution is 2.30. The molecule has 1 fully saturated rings. The number of carbonyl (C=O) groups is 1. The van der Waals surface area contributed by atoms with Crippen molar-refractivity contribution in [1.82, 2.24) is 19.4 Å². The maximum absolute atomic E-state index is 12.8. The average Bonchev–Trinajstić information content (AvgIpc) is 3.39. The molecule has 0 N–H and O–H groups in total. The van der Waals surface area contributed by atoms with E-state index in [1.165, 1.54) is 0 Å². The Morgan fingerprint density at radius 3 is 2.62 bits per heavy atom. The molecule has 0 bridgehead atoms. The van der Waals surface area contributed by atoms with E-state index in [9.17, 15) is 4.79 Å². The van der Waals surface area contributed by atoms with Crippen LogP contribution in [0.25, 0.3) is 22.0 Å². The number of thiazole rings is 1. The fourth-order valence-electron chi connectivity index (χ4n) is 3.67. The van der Waals surface area contributed by atoms with E-state index in [-0.39, 0.29) is 5.91 Å². The molecule has 7 heteroatoms. The summed E-state index contributed by atoms with van der Waals surface area (Å²) in [5.41, 5.74) is 2.94. The van der Waals surface area contributed by atoms with Crippen molar-refractivity contribution in [2.75, 3.05) is 32.7 Å². The summed E-state index contributed by atoms with van der Waals surface area (Å²) in [7, 11) is 0. The molecule has 4 rings (SSSR count). The van der Waals surface area contributed by atoms with Crippen molar-refractivity contribution < 1.29 is 4.79 Å². The van der Waals surface area contributed by atoms with E-state index in [1.54, 1.807) is 11.3 Å². The molecule has 0 atom stereocenters. The van der Waals surface area contributed by atoms with Gasteiger partial charge in [0.1, 0.15) is 11.6 Å². The third kappa shape index (κ3) is 4.71. The summed E-state index contributed by atoms with van der Waals surface area (Å²) in [6, 6.07) is 11.7. The Hall–Kier alpha value is -2.15. The minimum absolute atomic E-state index is 0.174. The monoisotopic (exact) mass is 428 g/mol. The predicted octanol–water partition coefficient (Wildman–Crippen LogP) is 4.49. The van der Waals surface area contributed by atoms with E-state index < -0.39 is 0 Å². The smallest absolute Gasteiger partial charge is 0.242 e. The van der Waals surface area contributed by atoms with E-state index in [2.05, 4.69) is 11.8 Å². The number of aromatic nitrogens is 2. The number of piperazine rings is 1. The molecule has 0 unspecified atom stereocenters. The predicted molar refractivity (Wildman–Crippen MR) is 119 cm³/mol. The second-order valence-corrected chi connectivity index (χ2v) is 8.58. The van der Waals surface area contributed by atoms with Crippen molar-refractivity contribution in [2.45, 2.75) is 19.9 Å². The molecule has 3 aromatic rings. The lowest BCUT2D eigenvalue weighted by Gasteiger charge is -2.34. The topological polar surface area (TPSA) is 41.4 Å². The van der Waals surface area contributed by atoms with Crippen LogP contribution in [0.4, 0.5) is 0 Å². The van der Waals surface area contributed by atoms with Crippen LogP contribution in [0.2, 0.25) is 5.02 Å². The van der Waals surface area contributed by atoms with Crippen molar-refractivity contribution in [3.8, 4) is 22.0 Å². The molecule has 1 aliphatic rings. The molecule has 152 valence electrons. The summed E-state index contributed by atoms with van der Waals surface area (Å²) in [5, 5.41) is 3.68. The van der Waals surface area contributed by atoms with E-state index in [0.717, 1.165) is 61.1 Å². The molecule has 1 saturated heterocycles. The fourth-order valence-corrected chi connectivity index (χ4v) is 4.67. The zero-order valence-electron chi connectivity index (χ0n) is 16.6. The first-order valence-corrected chi connectivity index (χ1v) is 11.3. The van der Waals surface area contributed by atoms with E-state index in [4.69, 9.17) is 16.6 Å². The average molecular weight is 429 g/mol. The highest BCUT2D eigenvalue weighted by Gasteiger charge is 2.21. The lowest BCUT2D eigenvalue weighted by Crippen LogP contribution is -2.49. The number of amides is 1. The minimum Gasteiger partial charge on any atom is -0.339 e. The normalized spacial score (nSPS) is 15.0. The molecule has 1 aromatic carbocycles. The first kappa shape index (κ1) is 20.1. The zero-order valence-corrected chi connectivity index (χ0v) is 18.1. The van der Waals surface area contributed by atoms with Crippen LogP contribution in [0, 0.1) is 0 Å². The Morgan fingerprint density at radius 1 is 1.14 bits per heavy atom. The second-order valence-electron chi connectivity index (χ2n) is 7.29. The summed E-state index contributed by atoms with van der Waals surface area (Å²) in [4.78, 5) is 22.0. The van der Waals surface area contributed by atoms with Gasteiger partial charge in [0.25, 0.3) is 0 Å². The number of hydrogen-bond donors (Lipinski definition) is 0. The zero-order chi connectivity index (χ0) is 20.2. The van der Waals surface area contributed by atoms with Crippen LogP contribution < -0.4 is 0 Å². The van der Waals surface area contributed by atoms with Crippen LogP contribution >= 0.6 is 22.9 Å². The van der Waals surface area contributed by atoms with Crippen LogP contribution in [-0.4, -0.2) is 58.0 Å². The van der Waals surface area contributed by atoms with Gasteiger partial charge in [-0.05, 0) is 37.2 Å².